The first-order chi connectivity index (χ1) is 26.3. The van der Waals surface area contributed by atoms with Crippen LogP contribution in [0.5, 0.6) is 11.5 Å². The highest BCUT2D eigenvalue weighted by molar-refractivity contribution is 5.88. The topological polar surface area (TPSA) is 107 Å². The first-order valence-electron chi connectivity index (χ1n) is 18.7. The minimum atomic E-state index is 0.0581. The number of ether oxygens (including phenoxy) is 2. The third-order valence-corrected chi connectivity index (χ3v) is 9.74. The Balaban J connectivity index is 0.000000208. The van der Waals surface area contributed by atoms with E-state index in [0.717, 1.165) is 37.2 Å². The summed E-state index contributed by atoms with van der Waals surface area (Å²) in [6, 6.07) is 39.0. The van der Waals surface area contributed by atoms with Crippen LogP contribution < -0.4 is 9.47 Å². The second kappa shape index (κ2) is 20.2. The van der Waals surface area contributed by atoms with Gasteiger partial charge in [-0.15, -0.1) is 0 Å². The maximum atomic E-state index is 12.4. The summed E-state index contributed by atoms with van der Waals surface area (Å²) in [6.07, 6.45) is 10.7. The van der Waals surface area contributed by atoms with Crippen LogP contribution in [-0.4, -0.2) is 60.0 Å². The lowest BCUT2D eigenvalue weighted by Crippen LogP contribution is -2.41. The van der Waals surface area contributed by atoms with Gasteiger partial charge in [0, 0.05) is 51.9 Å². The Kier molecular flexibility index (Phi) is 14.6. The van der Waals surface area contributed by atoms with E-state index in [1.165, 1.54) is 11.1 Å². The summed E-state index contributed by atoms with van der Waals surface area (Å²) < 4.78 is 11.9. The highest BCUT2D eigenvalue weighted by atomic mass is 16.5. The van der Waals surface area contributed by atoms with Crippen molar-refractivity contribution in [3.8, 4) is 23.6 Å². The average Bonchev–Trinajstić information content (AvgIpc) is 3.23. The summed E-state index contributed by atoms with van der Waals surface area (Å²) in [6.45, 7) is 6.93. The maximum absolute atomic E-state index is 12.4. The second-order valence-corrected chi connectivity index (χ2v) is 13.7. The zero-order valence-corrected chi connectivity index (χ0v) is 31.1. The fraction of sp³-hybridized carbons (Fsp3) is 0.304. The molecule has 0 aliphatic carbocycles. The summed E-state index contributed by atoms with van der Waals surface area (Å²) in [4.78, 5) is 28.6. The number of amides is 2. The normalized spacial score (nSPS) is 16.1. The molecule has 2 fully saturated rings. The van der Waals surface area contributed by atoms with Gasteiger partial charge in [-0.3, -0.25) is 9.59 Å². The Morgan fingerprint density at radius 2 is 0.963 bits per heavy atom. The highest BCUT2D eigenvalue weighted by Crippen LogP contribution is 2.23. The molecule has 2 aliphatic heterocycles. The van der Waals surface area contributed by atoms with Crippen molar-refractivity contribution < 1.29 is 19.1 Å². The number of hydrogen-bond acceptors (Lipinski definition) is 6. The third-order valence-electron chi connectivity index (χ3n) is 9.74. The molecule has 0 aromatic heterocycles. The number of nitriles is 2. The van der Waals surface area contributed by atoms with E-state index in [4.69, 9.17) is 20.0 Å². The van der Waals surface area contributed by atoms with Gasteiger partial charge in [-0.2, -0.15) is 10.5 Å². The van der Waals surface area contributed by atoms with Crippen molar-refractivity contribution in [2.24, 2.45) is 0 Å². The minimum Gasteiger partial charge on any atom is -0.490 e. The van der Waals surface area contributed by atoms with Gasteiger partial charge < -0.3 is 19.3 Å². The number of likely N-dealkylation sites (tertiary alicyclic amines) is 2. The number of carbonyl (C=O) groups is 2. The van der Waals surface area contributed by atoms with Crippen LogP contribution in [0.4, 0.5) is 0 Å². The molecule has 54 heavy (non-hydrogen) atoms. The predicted molar refractivity (Wildman–Crippen MR) is 211 cm³/mol. The molecule has 2 amide bonds. The van der Waals surface area contributed by atoms with Crippen LogP contribution in [0.3, 0.4) is 0 Å². The van der Waals surface area contributed by atoms with Crippen molar-refractivity contribution in [2.45, 2.75) is 63.6 Å². The van der Waals surface area contributed by atoms with Gasteiger partial charge in [-0.05, 0) is 71.5 Å². The molecule has 0 bridgehead atoms. The molecular formula is C46H48N4O4. The molecule has 0 unspecified atom stereocenters. The lowest BCUT2D eigenvalue weighted by atomic mass is 10.0. The van der Waals surface area contributed by atoms with Crippen molar-refractivity contribution in [3.05, 3.63) is 156 Å². The van der Waals surface area contributed by atoms with Crippen molar-refractivity contribution >= 4 is 11.8 Å². The molecule has 6 rings (SSSR count). The van der Waals surface area contributed by atoms with E-state index >= 15 is 0 Å². The summed E-state index contributed by atoms with van der Waals surface area (Å²) in [5.41, 5.74) is 3.59. The molecule has 4 aromatic carbocycles. The van der Waals surface area contributed by atoms with Crippen LogP contribution >= 0.6 is 0 Å². The number of rotatable bonds is 10. The van der Waals surface area contributed by atoms with Crippen molar-refractivity contribution in [2.75, 3.05) is 26.2 Å². The van der Waals surface area contributed by atoms with Crippen LogP contribution in [0.25, 0.3) is 0 Å². The van der Waals surface area contributed by atoms with Gasteiger partial charge in [0.05, 0.1) is 23.3 Å². The van der Waals surface area contributed by atoms with E-state index in [2.05, 4.69) is 50.3 Å². The SMILES string of the molecule is C[C@@H](/C=C/C(=O)N1CCC(Oc2cccc(C#N)c2)CC1)c1ccccc1.C[C@H](/C=C/C(=O)N1CCC(Oc2cccc(C#N)c2)CC1)c1ccccc1. The summed E-state index contributed by atoms with van der Waals surface area (Å²) >= 11 is 0. The molecule has 8 heteroatoms. The van der Waals surface area contributed by atoms with E-state index < -0.39 is 0 Å². The van der Waals surface area contributed by atoms with E-state index in [1.807, 2.05) is 82.6 Å². The molecular weight excluding hydrogens is 673 g/mol. The van der Waals surface area contributed by atoms with Gasteiger partial charge in [-0.1, -0.05) is 98.8 Å². The van der Waals surface area contributed by atoms with Gasteiger partial charge in [0.15, 0.2) is 0 Å². The highest BCUT2D eigenvalue weighted by Gasteiger charge is 2.24. The number of nitrogens with zero attached hydrogens (tertiary/aromatic N) is 4. The zero-order chi connectivity index (χ0) is 38.1. The molecule has 0 N–H and O–H groups in total. The maximum Gasteiger partial charge on any atom is 0.246 e. The van der Waals surface area contributed by atoms with E-state index in [0.29, 0.717) is 37.3 Å². The predicted octanol–water partition coefficient (Wildman–Crippen LogP) is 8.58. The molecule has 2 atom stereocenters. The van der Waals surface area contributed by atoms with Gasteiger partial charge >= 0.3 is 0 Å². The van der Waals surface area contributed by atoms with Crippen molar-refractivity contribution in [1.82, 2.24) is 9.80 Å². The first-order valence-corrected chi connectivity index (χ1v) is 18.7. The van der Waals surface area contributed by atoms with Crippen molar-refractivity contribution in [3.63, 3.8) is 0 Å². The molecule has 8 nitrogen and oxygen atoms in total. The number of hydrogen-bond donors (Lipinski definition) is 0. The van der Waals surface area contributed by atoms with Gasteiger partial charge in [0.25, 0.3) is 0 Å². The lowest BCUT2D eigenvalue weighted by Gasteiger charge is -2.31. The monoisotopic (exact) mass is 720 g/mol. The van der Waals surface area contributed by atoms with E-state index in [1.54, 1.807) is 36.4 Å². The smallest absolute Gasteiger partial charge is 0.246 e. The molecule has 2 heterocycles. The lowest BCUT2D eigenvalue weighted by molar-refractivity contribution is -0.128. The quantitative estimate of drug-likeness (QED) is 0.152. The molecule has 2 aliphatic rings. The zero-order valence-electron chi connectivity index (χ0n) is 31.1. The van der Waals surface area contributed by atoms with Crippen LogP contribution in [0.2, 0.25) is 0 Å². The van der Waals surface area contributed by atoms with E-state index in [-0.39, 0.29) is 35.9 Å². The van der Waals surface area contributed by atoms with Crippen LogP contribution in [0.1, 0.15) is 73.6 Å². The molecule has 4 aromatic rings. The summed E-state index contributed by atoms with van der Waals surface area (Å²) in [5.74, 6) is 1.98. The Hall–Kier alpha value is -6.12. The van der Waals surface area contributed by atoms with Gasteiger partial charge in [-0.25, -0.2) is 0 Å². The first kappa shape index (κ1) is 39.1. The standard InChI is InChI=1S/2C23H24N2O2/c2*1-18(20-7-3-2-4-8-20)10-11-23(26)25-14-12-21(13-15-25)27-22-9-5-6-19(16-22)17-24/h2*2-11,16,18,21H,12-15H2,1H3/b2*11-10+/t2*18-/m10/s1. The molecule has 0 spiro atoms. The third kappa shape index (κ3) is 12.0. The Morgan fingerprint density at radius 3 is 1.31 bits per heavy atom. The molecule has 276 valence electrons. The number of carbonyl (C=O) groups excluding carboxylic acids is 2. The molecule has 0 saturated carbocycles. The van der Waals surface area contributed by atoms with Crippen molar-refractivity contribution in [1.29, 1.82) is 10.5 Å². The van der Waals surface area contributed by atoms with Crippen LogP contribution in [-0.2, 0) is 9.59 Å². The van der Waals surface area contributed by atoms with Crippen LogP contribution in [0.15, 0.2) is 133 Å². The second-order valence-electron chi connectivity index (χ2n) is 13.7. The largest absolute Gasteiger partial charge is 0.490 e. The fourth-order valence-electron chi connectivity index (χ4n) is 6.45. The minimum absolute atomic E-state index is 0.0581. The summed E-state index contributed by atoms with van der Waals surface area (Å²) in [5, 5.41) is 17.9. The average molecular weight is 721 g/mol. The number of benzene rings is 4. The molecule has 0 radical (unpaired) electrons. The Bertz CT molecular complexity index is 1800. The Morgan fingerprint density at radius 1 is 0.593 bits per heavy atom. The Labute approximate surface area is 319 Å². The number of allylic oxidation sites excluding steroid dienone is 2. The van der Waals surface area contributed by atoms with Gasteiger partial charge in [0.1, 0.15) is 23.7 Å². The fourth-order valence-corrected chi connectivity index (χ4v) is 6.45. The number of piperidine rings is 2. The summed E-state index contributed by atoms with van der Waals surface area (Å²) in [7, 11) is 0. The molecule has 2 saturated heterocycles. The van der Waals surface area contributed by atoms with Gasteiger partial charge in [0.2, 0.25) is 11.8 Å². The van der Waals surface area contributed by atoms with Crippen LogP contribution in [0, 0.1) is 22.7 Å². The van der Waals surface area contributed by atoms with E-state index in [9.17, 15) is 9.59 Å².